The maximum atomic E-state index is 14.0. The summed E-state index contributed by atoms with van der Waals surface area (Å²) < 4.78 is 24.5. The van der Waals surface area contributed by atoms with Crippen LogP contribution in [0, 0.1) is 5.82 Å². The molecule has 4 aromatic rings. The summed E-state index contributed by atoms with van der Waals surface area (Å²) in [6.07, 6.45) is 1.62. The highest BCUT2D eigenvalue weighted by Gasteiger charge is 2.25. The van der Waals surface area contributed by atoms with E-state index in [1.54, 1.807) is 34.4 Å². The van der Waals surface area contributed by atoms with Gasteiger partial charge in [0, 0.05) is 38.7 Å². The van der Waals surface area contributed by atoms with Crippen molar-refractivity contribution in [1.82, 2.24) is 25.1 Å². The zero-order valence-corrected chi connectivity index (χ0v) is 18.6. The molecular formula is C23H22FN5O3S. The van der Waals surface area contributed by atoms with Crippen LogP contribution in [0.2, 0.25) is 0 Å². The number of aryl methyl sites for hydroxylation is 1. The molecule has 1 aliphatic heterocycles. The minimum atomic E-state index is -0.412. The van der Waals surface area contributed by atoms with E-state index in [0.29, 0.717) is 24.8 Å². The Bertz CT molecular complexity index is 1210. The van der Waals surface area contributed by atoms with Crippen LogP contribution in [0.4, 0.5) is 4.39 Å². The summed E-state index contributed by atoms with van der Waals surface area (Å²) in [6.45, 7) is 3.63. The van der Waals surface area contributed by atoms with Gasteiger partial charge in [-0.15, -0.1) is 11.3 Å². The average molecular weight is 468 g/mol. The van der Waals surface area contributed by atoms with Gasteiger partial charge < -0.3 is 13.9 Å². The predicted octanol–water partition coefficient (Wildman–Crippen LogP) is 3.98. The van der Waals surface area contributed by atoms with Crippen LogP contribution in [0.5, 0.6) is 0 Å². The molecule has 1 saturated heterocycles. The highest BCUT2D eigenvalue weighted by atomic mass is 32.1. The van der Waals surface area contributed by atoms with E-state index < -0.39 is 5.82 Å². The Morgan fingerprint density at radius 1 is 1.06 bits per heavy atom. The maximum absolute atomic E-state index is 14.0. The maximum Gasteiger partial charge on any atom is 0.276 e. The van der Waals surface area contributed by atoms with Crippen LogP contribution in [0.3, 0.4) is 0 Å². The van der Waals surface area contributed by atoms with Gasteiger partial charge in [0.1, 0.15) is 5.82 Å². The second-order valence-electron chi connectivity index (χ2n) is 7.78. The smallest absolute Gasteiger partial charge is 0.276 e. The van der Waals surface area contributed by atoms with E-state index in [4.69, 9.17) is 9.05 Å². The third kappa shape index (κ3) is 4.86. The average Bonchev–Trinajstić information content (AvgIpc) is 3.61. The van der Waals surface area contributed by atoms with Gasteiger partial charge in [-0.3, -0.25) is 9.69 Å². The molecule has 0 N–H and O–H groups in total. The first kappa shape index (κ1) is 21.5. The van der Waals surface area contributed by atoms with Gasteiger partial charge in [0.2, 0.25) is 11.7 Å². The summed E-state index contributed by atoms with van der Waals surface area (Å²) in [5.41, 5.74) is 0.484. The monoisotopic (exact) mass is 467 g/mol. The third-order valence-corrected chi connectivity index (χ3v) is 6.47. The van der Waals surface area contributed by atoms with Gasteiger partial charge in [0.25, 0.3) is 5.91 Å². The summed E-state index contributed by atoms with van der Waals surface area (Å²) in [5, 5.41) is 9.89. The Balaban J connectivity index is 1.09. The number of piperazine rings is 1. The van der Waals surface area contributed by atoms with E-state index in [-0.39, 0.29) is 22.9 Å². The molecule has 1 amide bonds. The van der Waals surface area contributed by atoms with Crippen LogP contribution >= 0.6 is 11.3 Å². The second-order valence-corrected chi connectivity index (χ2v) is 8.73. The third-order valence-electron chi connectivity index (χ3n) is 5.60. The first-order valence-electron chi connectivity index (χ1n) is 10.8. The zero-order valence-electron chi connectivity index (χ0n) is 17.8. The van der Waals surface area contributed by atoms with Gasteiger partial charge in [0.15, 0.2) is 11.5 Å². The van der Waals surface area contributed by atoms with Gasteiger partial charge >= 0.3 is 0 Å². The molecule has 170 valence electrons. The highest BCUT2D eigenvalue weighted by Crippen LogP contribution is 2.24. The molecule has 1 fully saturated rings. The number of amides is 1. The summed E-state index contributed by atoms with van der Waals surface area (Å²) >= 11 is 1.59. The minimum absolute atomic E-state index is 0.194. The lowest BCUT2D eigenvalue weighted by molar-refractivity contribution is 0.0625. The van der Waals surface area contributed by atoms with Crippen molar-refractivity contribution in [3.8, 4) is 22.0 Å². The lowest BCUT2D eigenvalue weighted by Gasteiger charge is -2.34. The Labute approximate surface area is 193 Å². The highest BCUT2D eigenvalue weighted by molar-refractivity contribution is 7.13. The Morgan fingerprint density at radius 3 is 2.70 bits per heavy atom. The van der Waals surface area contributed by atoms with Crippen molar-refractivity contribution in [1.29, 1.82) is 0 Å². The quantitative estimate of drug-likeness (QED) is 0.406. The number of carbonyl (C=O) groups is 1. The van der Waals surface area contributed by atoms with E-state index in [1.807, 2.05) is 17.5 Å². The topological polar surface area (TPSA) is 88.5 Å². The van der Waals surface area contributed by atoms with Crippen molar-refractivity contribution in [2.45, 2.75) is 12.8 Å². The molecule has 4 heterocycles. The van der Waals surface area contributed by atoms with Crippen LogP contribution in [-0.2, 0) is 6.42 Å². The van der Waals surface area contributed by atoms with Crippen LogP contribution in [0.1, 0.15) is 22.8 Å². The summed E-state index contributed by atoms with van der Waals surface area (Å²) in [5.74, 6) is 0.915. The van der Waals surface area contributed by atoms with Crippen molar-refractivity contribution in [3.63, 3.8) is 0 Å². The normalized spacial score (nSPS) is 14.6. The van der Waals surface area contributed by atoms with Crippen LogP contribution in [0.15, 0.2) is 56.9 Å². The number of hydrogen-bond donors (Lipinski definition) is 0. The van der Waals surface area contributed by atoms with Gasteiger partial charge in [-0.25, -0.2) is 4.39 Å². The molecule has 0 unspecified atom stereocenters. The van der Waals surface area contributed by atoms with Crippen molar-refractivity contribution in [3.05, 3.63) is 65.2 Å². The molecular weight excluding hydrogens is 445 g/mol. The lowest BCUT2D eigenvalue weighted by atomic mass is 10.1. The number of nitrogens with zero attached hydrogens (tertiary/aromatic N) is 5. The fourth-order valence-electron chi connectivity index (χ4n) is 3.82. The molecule has 0 saturated carbocycles. The fraction of sp³-hybridized carbons (Fsp3) is 0.304. The molecule has 8 nitrogen and oxygen atoms in total. The number of benzene rings is 1. The molecule has 0 bridgehead atoms. The minimum Gasteiger partial charge on any atom is -0.355 e. The lowest BCUT2D eigenvalue weighted by Crippen LogP contribution is -2.49. The number of halogens is 1. The standard InChI is InChI=1S/C23H22FN5O3S/c24-17-6-2-1-5-16(17)19-15-18(26-31-19)23(30)29-12-10-28(11-13-29)9-3-8-21-25-22(27-32-21)20-7-4-14-33-20/h1-2,4-7,14-15H,3,8-13H2. The number of rotatable bonds is 7. The van der Waals surface area contributed by atoms with Crippen molar-refractivity contribution in [2.24, 2.45) is 0 Å². The van der Waals surface area contributed by atoms with Crippen LogP contribution in [-0.4, -0.2) is 63.7 Å². The van der Waals surface area contributed by atoms with Crippen molar-refractivity contribution in [2.75, 3.05) is 32.7 Å². The first-order valence-corrected chi connectivity index (χ1v) is 11.6. The SMILES string of the molecule is O=C(c1cc(-c2ccccc2F)on1)N1CCN(CCCc2nc(-c3cccs3)no2)CC1. The van der Waals surface area contributed by atoms with E-state index in [1.165, 1.54) is 12.1 Å². The largest absolute Gasteiger partial charge is 0.355 e. The molecule has 1 aromatic carbocycles. The summed E-state index contributed by atoms with van der Waals surface area (Å²) in [6, 6.07) is 11.7. The predicted molar refractivity (Wildman–Crippen MR) is 120 cm³/mol. The molecule has 33 heavy (non-hydrogen) atoms. The Morgan fingerprint density at radius 2 is 1.91 bits per heavy atom. The molecule has 0 spiro atoms. The molecule has 10 heteroatoms. The van der Waals surface area contributed by atoms with Gasteiger partial charge in [0.05, 0.1) is 10.4 Å². The summed E-state index contributed by atoms with van der Waals surface area (Å²) in [4.78, 5) is 22.3. The molecule has 0 radical (unpaired) electrons. The van der Waals surface area contributed by atoms with Gasteiger partial charge in [-0.1, -0.05) is 28.5 Å². The molecule has 0 aliphatic carbocycles. The van der Waals surface area contributed by atoms with E-state index in [0.717, 1.165) is 37.4 Å². The fourth-order valence-corrected chi connectivity index (χ4v) is 4.47. The molecule has 1 aliphatic rings. The van der Waals surface area contributed by atoms with Crippen molar-refractivity contribution >= 4 is 17.2 Å². The molecule has 0 atom stereocenters. The summed E-state index contributed by atoms with van der Waals surface area (Å²) in [7, 11) is 0. The second kappa shape index (κ2) is 9.63. The first-order chi connectivity index (χ1) is 16.2. The number of thiophene rings is 1. The number of carbonyl (C=O) groups excluding carboxylic acids is 1. The molecule has 3 aromatic heterocycles. The van der Waals surface area contributed by atoms with E-state index in [2.05, 4.69) is 20.2 Å². The van der Waals surface area contributed by atoms with Crippen molar-refractivity contribution < 1.29 is 18.2 Å². The van der Waals surface area contributed by atoms with Gasteiger partial charge in [-0.2, -0.15) is 4.98 Å². The molecule has 5 rings (SSSR count). The number of hydrogen-bond acceptors (Lipinski definition) is 8. The van der Waals surface area contributed by atoms with E-state index in [9.17, 15) is 9.18 Å². The Kier molecular flexibility index (Phi) is 6.27. The van der Waals surface area contributed by atoms with Crippen LogP contribution < -0.4 is 0 Å². The zero-order chi connectivity index (χ0) is 22.6. The van der Waals surface area contributed by atoms with Gasteiger partial charge in [-0.05, 0) is 36.5 Å². The Hall–Kier alpha value is -3.37. The van der Waals surface area contributed by atoms with E-state index >= 15 is 0 Å². The van der Waals surface area contributed by atoms with Crippen LogP contribution in [0.25, 0.3) is 22.0 Å². The number of aromatic nitrogens is 3.